The number of amides is 1. The molecule has 0 fully saturated rings. The quantitative estimate of drug-likeness (QED) is 0.834. The number of nitrogens with one attached hydrogen (secondary N) is 2. The maximum Gasteiger partial charge on any atom is 0.242 e. The molecule has 96 valence electrons. The van der Waals surface area contributed by atoms with Gasteiger partial charge in [-0.05, 0) is 45.1 Å². The number of imidazole rings is 1. The second kappa shape index (κ2) is 4.89. The van der Waals surface area contributed by atoms with E-state index in [1.807, 2.05) is 32.9 Å². The Labute approximate surface area is 110 Å². The van der Waals surface area contributed by atoms with Crippen molar-refractivity contribution in [3.05, 3.63) is 22.6 Å². The summed E-state index contributed by atoms with van der Waals surface area (Å²) in [7, 11) is 0. The molecular formula is C12H16N4OS. The molecule has 1 atom stereocenters. The van der Waals surface area contributed by atoms with E-state index in [9.17, 15) is 4.79 Å². The van der Waals surface area contributed by atoms with E-state index < -0.39 is 0 Å². The van der Waals surface area contributed by atoms with Gasteiger partial charge >= 0.3 is 0 Å². The molecule has 18 heavy (non-hydrogen) atoms. The molecule has 2 heterocycles. The van der Waals surface area contributed by atoms with Crippen LogP contribution in [0, 0.1) is 11.7 Å². The van der Waals surface area contributed by atoms with Crippen molar-refractivity contribution < 1.29 is 4.79 Å². The van der Waals surface area contributed by atoms with Gasteiger partial charge in [0.25, 0.3) is 0 Å². The summed E-state index contributed by atoms with van der Waals surface area (Å²) in [5.74, 6) is -0.0576. The van der Waals surface area contributed by atoms with Crippen molar-refractivity contribution >= 4 is 29.3 Å². The van der Waals surface area contributed by atoms with Crippen molar-refractivity contribution in [2.75, 3.05) is 6.54 Å². The molecule has 2 aromatic heterocycles. The molecule has 1 unspecified atom stereocenters. The van der Waals surface area contributed by atoms with Crippen molar-refractivity contribution in [3.8, 4) is 0 Å². The number of aryl methyl sites for hydroxylation is 1. The number of carbonyl (C=O) groups excluding carboxylic acids is 1. The SMILES string of the molecule is CCNC(=O)C(C)n1c(=S)[nH]c2ccc(C)nc21. The van der Waals surface area contributed by atoms with Crippen molar-refractivity contribution in [3.63, 3.8) is 0 Å². The predicted molar refractivity (Wildman–Crippen MR) is 73.0 cm³/mol. The molecule has 1 amide bonds. The molecule has 2 aromatic rings. The minimum atomic E-state index is -0.375. The molecule has 0 bridgehead atoms. The zero-order chi connectivity index (χ0) is 13.3. The second-order valence-electron chi connectivity index (χ2n) is 4.19. The van der Waals surface area contributed by atoms with Crippen LogP contribution in [0.5, 0.6) is 0 Å². The minimum absolute atomic E-state index is 0.0576. The molecule has 0 aliphatic heterocycles. The van der Waals surface area contributed by atoms with Crippen LogP contribution < -0.4 is 5.32 Å². The van der Waals surface area contributed by atoms with E-state index in [-0.39, 0.29) is 11.9 Å². The molecule has 0 saturated carbocycles. The maximum atomic E-state index is 11.9. The van der Waals surface area contributed by atoms with Gasteiger partial charge in [0, 0.05) is 12.2 Å². The number of aromatic nitrogens is 3. The largest absolute Gasteiger partial charge is 0.355 e. The Balaban J connectivity index is 2.56. The van der Waals surface area contributed by atoms with Gasteiger partial charge in [-0.15, -0.1) is 0 Å². The average Bonchev–Trinajstić information content (AvgIpc) is 2.64. The monoisotopic (exact) mass is 264 g/mol. The highest BCUT2D eigenvalue weighted by atomic mass is 32.1. The Morgan fingerprint density at radius 2 is 2.33 bits per heavy atom. The average molecular weight is 264 g/mol. The third kappa shape index (κ3) is 2.15. The lowest BCUT2D eigenvalue weighted by Crippen LogP contribution is -2.30. The first-order valence-corrected chi connectivity index (χ1v) is 6.31. The molecule has 0 radical (unpaired) electrons. The first kappa shape index (κ1) is 12.8. The normalized spacial score (nSPS) is 12.6. The summed E-state index contributed by atoms with van der Waals surface area (Å²) in [5, 5.41) is 2.79. The molecular weight excluding hydrogens is 248 g/mol. The second-order valence-corrected chi connectivity index (χ2v) is 4.58. The van der Waals surface area contributed by atoms with E-state index in [2.05, 4.69) is 15.3 Å². The lowest BCUT2D eigenvalue weighted by molar-refractivity contribution is -0.123. The first-order valence-electron chi connectivity index (χ1n) is 5.90. The Morgan fingerprint density at radius 3 is 3.00 bits per heavy atom. The predicted octanol–water partition coefficient (Wildman–Crippen LogP) is 2.10. The van der Waals surface area contributed by atoms with Crippen LogP contribution in [0.4, 0.5) is 0 Å². The zero-order valence-corrected chi connectivity index (χ0v) is 11.5. The molecule has 0 spiro atoms. The van der Waals surface area contributed by atoms with Crippen LogP contribution in [0.2, 0.25) is 0 Å². The number of fused-ring (bicyclic) bond motifs is 1. The lowest BCUT2D eigenvalue weighted by atomic mass is 10.3. The van der Waals surface area contributed by atoms with E-state index in [1.54, 1.807) is 4.57 Å². The fourth-order valence-electron chi connectivity index (χ4n) is 1.89. The smallest absolute Gasteiger partial charge is 0.242 e. The van der Waals surface area contributed by atoms with E-state index in [1.165, 1.54) is 0 Å². The number of hydrogen-bond donors (Lipinski definition) is 2. The van der Waals surface area contributed by atoms with Crippen LogP contribution in [0.15, 0.2) is 12.1 Å². The van der Waals surface area contributed by atoms with Gasteiger partial charge in [0.15, 0.2) is 10.4 Å². The Bertz CT molecular complexity index is 643. The highest BCUT2D eigenvalue weighted by Gasteiger charge is 2.18. The maximum absolute atomic E-state index is 11.9. The van der Waals surface area contributed by atoms with Crippen LogP contribution >= 0.6 is 12.2 Å². The number of likely N-dealkylation sites (N-methyl/N-ethyl adjacent to an activating group) is 1. The number of aromatic amines is 1. The molecule has 2 rings (SSSR count). The molecule has 6 heteroatoms. The van der Waals surface area contributed by atoms with Crippen molar-refractivity contribution in [1.82, 2.24) is 19.9 Å². The Kier molecular flexibility index (Phi) is 3.47. The van der Waals surface area contributed by atoms with Gasteiger partial charge in [0.05, 0.1) is 5.52 Å². The Morgan fingerprint density at radius 1 is 1.61 bits per heavy atom. The van der Waals surface area contributed by atoms with E-state index in [4.69, 9.17) is 12.2 Å². The van der Waals surface area contributed by atoms with Crippen molar-refractivity contribution in [1.29, 1.82) is 0 Å². The summed E-state index contributed by atoms with van der Waals surface area (Å²) < 4.78 is 2.27. The summed E-state index contributed by atoms with van der Waals surface area (Å²) in [5.41, 5.74) is 2.47. The number of hydrogen-bond acceptors (Lipinski definition) is 3. The van der Waals surface area contributed by atoms with Crippen LogP contribution in [0.25, 0.3) is 11.2 Å². The van der Waals surface area contributed by atoms with Crippen LogP contribution in [-0.4, -0.2) is 27.0 Å². The molecule has 0 aromatic carbocycles. The van der Waals surface area contributed by atoms with Crippen LogP contribution in [0.3, 0.4) is 0 Å². The molecule has 0 aliphatic carbocycles. The van der Waals surface area contributed by atoms with Gasteiger partial charge in [-0.2, -0.15) is 0 Å². The number of H-pyrrole nitrogens is 1. The summed E-state index contributed by atoms with van der Waals surface area (Å²) >= 11 is 5.26. The van der Waals surface area contributed by atoms with Gasteiger partial charge in [-0.1, -0.05) is 0 Å². The van der Waals surface area contributed by atoms with Gasteiger partial charge < -0.3 is 10.3 Å². The fraction of sp³-hybridized carbons (Fsp3) is 0.417. The van der Waals surface area contributed by atoms with E-state index >= 15 is 0 Å². The van der Waals surface area contributed by atoms with E-state index in [0.717, 1.165) is 16.9 Å². The van der Waals surface area contributed by atoms with Crippen molar-refractivity contribution in [2.45, 2.75) is 26.8 Å². The number of rotatable bonds is 3. The fourth-order valence-corrected chi connectivity index (χ4v) is 2.25. The van der Waals surface area contributed by atoms with E-state index in [0.29, 0.717) is 11.3 Å². The lowest BCUT2D eigenvalue weighted by Gasteiger charge is -2.13. The summed E-state index contributed by atoms with van der Waals surface area (Å²) in [6.07, 6.45) is 0. The third-order valence-corrected chi connectivity index (χ3v) is 3.12. The first-order chi connectivity index (χ1) is 8.54. The summed E-state index contributed by atoms with van der Waals surface area (Å²) in [6, 6.07) is 3.46. The third-order valence-electron chi connectivity index (χ3n) is 2.82. The highest BCUT2D eigenvalue weighted by molar-refractivity contribution is 7.71. The van der Waals surface area contributed by atoms with Crippen LogP contribution in [-0.2, 0) is 4.79 Å². The zero-order valence-electron chi connectivity index (χ0n) is 10.7. The Hall–Kier alpha value is -1.69. The highest BCUT2D eigenvalue weighted by Crippen LogP contribution is 2.17. The number of carbonyl (C=O) groups is 1. The minimum Gasteiger partial charge on any atom is -0.355 e. The number of pyridine rings is 1. The number of nitrogens with zero attached hydrogens (tertiary/aromatic N) is 2. The van der Waals surface area contributed by atoms with Crippen molar-refractivity contribution in [2.24, 2.45) is 0 Å². The topological polar surface area (TPSA) is 62.7 Å². The van der Waals surface area contributed by atoms with Gasteiger partial charge in [0.2, 0.25) is 5.91 Å². The summed E-state index contributed by atoms with van der Waals surface area (Å²) in [6.45, 7) is 6.22. The molecule has 2 N–H and O–H groups in total. The molecule has 5 nitrogen and oxygen atoms in total. The summed E-state index contributed by atoms with van der Waals surface area (Å²) in [4.78, 5) is 19.4. The van der Waals surface area contributed by atoms with Gasteiger partial charge in [0.1, 0.15) is 6.04 Å². The molecule has 0 aliphatic rings. The van der Waals surface area contributed by atoms with Gasteiger partial charge in [-0.3, -0.25) is 9.36 Å². The standard InChI is InChI=1S/C12H16N4OS/c1-4-13-11(17)8(3)16-10-9(15-12(16)18)6-5-7(2)14-10/h5-6,8H,4H2,1-3H3,(H,13,17)(H,15,18). The van der Waals surface area contributed by atoms with Crippen LogP contribution in [0.1, 0.15) is 25.6 Å². The van der Waals surface area contributed by atoms with Gasteiger partial charge in [-0.25, -0.2) is 4.98 Å². The molecule has 0 saturated heterocycles.